The molecule has 1 atom stereocenters. The van der Waals surface area contributed by atoms with E-state index in [9.17, 15) is 4.79 Å². The number of anilines is 1. The van der Waals surface area contributed by atoms with Gasteiger partial charge in [-0.05, 0) is 24.6 Å². The van der Waals surface area contributed by atoms with Crippen molar-refractivity contribution in [1.82, 2.24) is 0 Å². The van der Waals surface area contributed by atoms with Crippen LogP contribution < -0.4 is 9.64 Å². The Labute approximate surface area is 148 Å². The predicted molar refractivity (Wildman–Crippen MR) is 98.5 cm³/mol. The molecule has 2 aromatic rings. The molecule has 0 saturated carbocycles. The van der Waals surface area contributed by atoms with Gasteiger partial charge in [0.2, 0.25) is 0 Å². The number of nitrogens with zero attached hydrogens (tertiary/aromatic N) is 1. The highest BCUT2D eigenvalue weighted by Crippen LogP contribution is 2.37. The summed E-state index contributed by atoms with van der Waals surface area (Å²) in [6.07, 6.45) is 4.02. The van der Waals surface area contributed by atoms with Gasteiger partial charge in [0.15, 0.2) is 0 Å². The zero-order valence-corrected chi connectivity index (χ0v) is 14.6. The van der Waals surface area contributed by atoms with E-state index in [1.807, 2.05) is 78.7 Å². The second-order valence-corrected chi connectivity index (χ2v) is 5.79. The molecule has 0 fully saturated rings. The van der Waals surface area contributed by atoms with Gasteiger partial charge < -0.3 is 14.4 Å². The van der Waals surface area contributed by atoms with Crippen molar-refractivity contribution in [2.45, 2.75) is 12.8 Å². The predicted octanol–water partition coefficient (Wildman–Crippen LogP) is 4.26. The van der Waals surface area contributed by atoms with E-state index >= 15 is 0 Å². The Hall–Kier alpha value is -3.01. The third-order valence-corrected chi connectivity index (χ3v) is 4.39. The summed E-state index contributed by atoms with van der Waals surface area (Å²) in [5, 5.41) is 0. The van der Waals surface area contributed by atoms with Crippen LogP contribution in [0.2, 0.25) is 0 Å². The Morgan fingerprint density at radius 1 is 1.04 bits per heavy atom. The molecule has 2 aromatic carbocycles. The Bertz CT molecular complexity index is 824. The van der Waals surface area contributed by atoms with Crippen LogP contribution in [0.5, 0.6) is 5.75 Å². The average Bonchev–Trinajstić information content (AvgIpc) is 2.67. The SMILES string of the molecule is COC(=O)C1=C(C)N(c2cccc(OC)c2)C=CC1c1ccccc1. The lowest BCUT2D eigenvalue weighted by atomic mass is 9.87. The fourth-order valence-electron chi connectivity index (χ4n) is 3.10. The van der Waals surface area contributed by atoms with E-state index in [1.165, 1.54) is 7.11 Å². The van der Waals surface area contributed by atoms with Gasteiger partial charge in [-0.3, -0.25) is 0 Å². The van der Waals surface area contributed by atoms with Gasteiger partial charge in [-0.1, -0.05) is 42.5 Å². The molecule has 4 nitrogen and oxygen atoms in total. The zero-order chi connectivity index (χ0) is 17.8. The molecule has 0 aromatic heterocycles. The molecule has 0 amide bonds. The first-order valence-electron chi connectivity index (χ1n) is 8.11. The fraction of sp³-hybridized carbons (Fsp3) is 0.190. The van der Waals surface area contributed by atoms with E-state index in [0.717, 1.165) is 22.7 Å². The number of ether oxygens (including phenoxy) is 2. The first-order valence-corrected chi connectivity index (χ1v) is 8.11. The van der Waals surface area contributed by atoms with E-state index in [0.29, 0.717) is 5.57 Å². The summed E-state index contributed by atoms with van der Waals surface area (Å²) in [5.74, 6) is 0.322. The van der Waals surface area contributed by atoms with Gasteiger partial charge in [-0.25, -0.2) is 4.79 Å². The number of allylic oxidation sites excluding steroid dienone is 2. The van der Waals surface area contributed by atoms with Crippen LogP contribution in [0.4, 0.5) is 5.69 Å². The van der Waals surface area contributed by atoms with Crippen LogP contribution >= 0.6 is 0 Å². The summed E-state index contributed by atoms with van der Waals surface area (Å²) < 4.78 is 10.4. The van der Waals surface area contributed by atoms with Crippen LogP contribution in [0.25, 0.3) is 0 Å². The Balaban J connectivity index is 2.06. The topological polar surface area (TPSA) is 38.8 Å². The number of hydrogen-bond acceptors (Lipinski definition) is 4. The van der Waals surface area contributed by atoms with Crippen molar-refractivity contribution in [2.24, 2.45) is 0 Å². The quantitative estimate of drug-likeness (QED) is 0.783. The van der Waals surface area contributed by atoms with Crippen LogP contribution in [0.3, 0.4) is 0 Å². The lowest BCUT2D eigenvalue weighted by Gasteiger charge is -2.31. The number of benzene rings is 2. The van der Waals surface area contributed by atoms with Gasteiger partial charge in [0, 0.05) is 29.6 Å². The van der Waals surface area contributed by atoms with Gasteiger partial charge in [-0.15, -0.1) is 0 Å². The molecular formula is C21H21NO3. The molecule has 1 heterocycles. The molecule has 1 aliphatic rings. The summed E-state index contributed by atoms with van der Waals surface area (Å²) >= 11 is 0. The first kappa shape index (κ1) is 16.8. The van der Waals surface area contributed by atoms with Crippen molar-refractivity contribution in [3.8, 4) is 5.75 Å². The fourth-order valence-corrected chi connectivity index (χ4v) is 3.10. The standard InChI is InChI=1S/C21H21NO3/c1-15-20(21(23)25-3)19(16-8-5-4-6-9-16)12-13-22(15)17-10-7-11-18(14-17)24-2/h4-14,19H,1-3H3. The molecular weight excluding hydrogens is 314 g/mol. The molecule has 128 valence electrons. The van der Waals surface area contributed by atoms with E-state index in [2.05, 4.69) is 0 Å². The molecule has 3 rings (SSSR count). The minimum Gasteiger partial charge on any atom is -0.497 e. The summed E-state index contributed by atoms with van der Waals surface area (Å²) in [5.41, 5.74) is 3.47. The summed E-state index contributed by atoms with van der Waals surface area (Å²) in [6, 6.07) is 17.7. The smallest absolute Gasteiger partial charge is 0.336 e. The highest BCUT2D eigenvalue weighted by atomic mass is 16.5. The second kappa shape index (κ2) is 7.26. The summed E-state index contributed by atoms with van der Waals surface area (Å²) in [7, 11) is 3.05. The highest BCUT2D eigenvalue weighted by Gasteiger charge is 2.29. The van der Waals surface area contributed by atoms with Crippen molar-refractivity contribution < 1.29 is 14.3 Å². The van der Waals surface area contributed by atoms with Crippen LogP contribution in [-0.2, 0) is 9.53 Å². The number of hydrogen-bond donors (Lipinski definition) is 0. The molecule has 4 heteroatoms. The van der Waals surface area contributed by atoms with Crippen LogP contribution in [-0.4, -0.2) is 20.2 Å². The third-order valence-electron chi connectivity index (χ3n) is 4.39. The molecule has 0 saturated heterocycles. The minimum absolute atomic E-state index is 0.129. The maximum absolute atomic E-state index is 12.5. The van der Waals surface area contributed by atoms with Gasteiger partial charge in [-0.2, -0.15) is 0 Å². The van der Waals surface area contributed by atoms with Gasteiger partial charge >= 0.3 is 5.97 Å². The average molecular weight is 335 g/mol. The van der Waals surface area contributed by atoms with Crippen LogP contribution in [0.15, 0.2) is 78.1 Å². The van der Waals surface area contributed by atoms with Gasteiger partial charge in [0.1, 0.15) is 5.75 Å². The molecule has 0 bridgehead atoms. The van der Waals surface area contributed by atoms with E-state index in [4.69, 9.17) is 9.47 Å². The van der Waals surface area contributed by atoms with Gasteiger partial charge in [0.05, 0.1) is 19.8 Å². The highest BCUT2D eigenvalue weighted by molar-refractivity contribution is 5.93. The third kappa shape index (κ3) is 3.29. The summed E-state index contributed by atoms with van der Waals surface area (Å²) in [6.45, 7) is 1.94. The number of esters is 1. The number of carbonyl (C=O) groups is 1. The van der Waals surface area contributed by atoms with Crippen LogP contribution in [0, 0.1) is 0 Å². The lowest BCUT2D eigenvalue weighted by Crippen LogP contribution is -2.26. The lowest BCUT2D eigenvalue weighted by molar-refractivity contribution is -0.136. The Morgan fingerprint density at radius 2 is 1.80 bits per heavy atom. The maximum Gasteiger partial charge on any atom is 0.336 e. The van der Waals surface area contributed by atoms with Crippen molar-refractivity contribution in [2.75, 3.05) is 19.1 Å². The first-order chi connectivity index (χ1) is 12.2. The molecule has 0 aliphatic carbocycles. The number of carbonyl (C=O) groups excluding carboxylic acids is 1. The number of methoxy groups -OCH3 is 2. The van der Waals surface area contributed by atoms with Crippen molar-refractivity contribution >= 4 is 11.7 Å². The normalized spacial score (nSPS) is 16.8. The Morgan fingerprint density at radius 3 is 2.48 bits per heavy atom. The Kier molecular flexibility index (Phi) is 4.89. The van der Waals surface area contributed by atoms with Crippen LogP contribution in [0.1, 0.15) is 18.4 Å². The van der Waals surface area contributed by atoms with E-state index in [1.54, 1.807) is 7.11 Å². The molecule has 0 N–H and O–H groups in total. The zero-order valence-electron chi connectivity index (χ0n) is 14.6. The van der Waals surface area contributed by atoms with Gasteiger partial charge in [0.25, 0.3) is 0 Å². The van der Waals surface area contributed by atoms with E-state index in [-0.39, 0.29) is 11.9 Å². The molecule has 1 unspecified atom stereocenters. The molecule has 25 heavy (non-hydrogen) atoms. The summed E-state index contributed by atoms with van der Waals surface area (Å²) in [4.78, 5) is 14.5. The monoisotopic (exact) mass is 335 g/mol. The minimum atomic E-state index is -0.316. The second-order valence-electron chi connectivity index (χ2n) is 5.79. The van der Waals surface area contributed by atoms with Crippen molar-refractivity contribution in [3.63, 3.8) is 0 Å². The maximum atomic E-state index is 12.5. The molecule has 0 radical (unpaired) electrons. The molecule has 1 aliphatic heterocycles. The largest absolute Gasteiger partial charge is 0.497 e. The molecule has 0 spiro atoms. The van der Waals surface area contributed by atoms with Crippen molar-refractivity contribution in [1.29, 1.82) is 0 Å². The van der Waals surface area contributed by atoms with E-state index < -0.39 is 0 Å². The number of rotatable bonds is 4. The van der Waals surface area contributed by atoms with Crippen molar-refractivity contribution in [3.05, 3.63) is 83.7 Å².